The summed E-state index contributed by atoms with van der Waals surface area (Å²) in [7, 11) is 0. The number of ether oxygens (including phenoxy) is 1. The molecular weight excluding hydrogens is 212 g/mol. The van der Waals surface area contributed by atoms with Gasteiger partial charge in [-0.3, -0.25) is 0 Å². The van der Waals surface area contributed by atoms with Crippen LogP contribution in [0.3, 0.4) is 0 Å². The summed E-state index contributed by atoms with van der Waals surface area (Å²) in [6, 6.07) is 2.08. The van der Waals surface area contributed by atoms with Crippen LogP contribution in [-0.2, 0) is 4.74 Å². The second-order valence-corrected chi connectivity index (χ2v) is 5.94. The first-order valence-corrected chi connectivity index (χ1v) is 7.27. The number of rotatable bonds is 1. The molecule has 4 unspecified atom stereocenters. The molecule has 0 radical (unpaired) electrons. The summed E-state index contributed by atoms with van der Waals surface area (Å²) >= 11 is 0. The Bertz CT molecular complexity index is 222. The maximum absolute atomic E-state index is 5.66. The monoisotopic (exact) mass is 240 g/mol. The van der Waals surface area contributed by atoms with Crippen molar-refractivity contribution in [3.05, 3.63) is 0 Å². The summed E-state index contributed by atoms with van der Waals surface area (Å²) in [5.41, 5.74) is 0. The lowest BCUT2D eigenvalue weighted by atomic mass is 10.00. The van der Waals surface area contributed by atoms with Crippen molar-refractivity contribution in [1.29, 1.82) is 0 Å². The number of nitrogens with one attached hydrogen (secondary N) is 1. The molecule has 17 heavy (non-hydrogen) atoms. The standard InChI is InChI=1S/C14H28N2O/c1-11-4-7-16(8-5-12(2)15-11)14-6-9-17-13(3)10-14/h11-15H,4-10H2,1-3H3. The van der Waals surface area contributed by atoms with Gasteiger partial charge in [-0.15, -0.1) is 0 Å². The van der Waals surface area contributed by atoms with E-state index in [1.165, 1.54) is 38.8 Å². The van der Waals surface area contributed by atoms with E-state index in [1.807, 2.05) is 0 Å². The lowest BCUT2D eigenvalue weighted by molar-refractivity contribution is -0.0200. The maximum Gasteiger partial charge on any atom is 0.0561 e. The number of hydrogen-bond acceptors (Lipinski definition) is 3. The van der Waals surface area contributed by atoms with Crippen LogP contribution in [0.4, 0.5) is 0 Å². The predicted octanol–water partition coefficient (Wildman–Crippen LogP) is 2.02. The van der Waals surface area contributed by atoms with Gasteiger partial charge in [-0.2, -0.15) is 0 Å². The largest absolute Gasteiger partial charge is 0.378 e. The first-order valence-electron chi connectivity index (χ1n) is 7.27. The van der Waals surface area contributed by atoms with Crippen LogP contribution in [-0.4, -0.2) is 48.8 Å². The molecule has 3 heteroatoms. The van der Waals surface area contributed by atoms with E-state index in [9.17, 15) is 0 Å². The van der Waals surface area contributed by atoms with Crippen LogP contribution >= 0.6 is 0 Å². The quantitative estimate of drug-likeness (QED) is 0.759. The summed E-state index contributed by atoms with van der Waals surface area (Å²) in [6.45, 7) is 10.3. The van der Waals surface area contributed by atoms with Gasteiger partial charge in [0, 0.05) is 24.7 Å². The minimum Gasteiger partial charge on any atom is -0.378 e. The SMILES string of the molecule is CC1CCN(C2CCOC(C)C2)CCC(C)N1. The van der Waals surface area contributed by atoms with E-state index in [4.69, 9.17) is 4.74 Å². The summed E-state index contributed by atoms with van der Waals surface area (Å²) in [5, 5.41) is 3.66. The number of hydrogen-bond donors (Lipinski definition) is 1. The van der Waals surface area contributed by atoms with Crippen LogP contribution in [0.25, 0.3) is 0 Å². The molecule has 0 spiro atoms. The molecule has 2 rings (SSSR count). The average molecular weight is 240 g/mol. The molecule has 2 aliphatic rings. The van der Waals surface area contributed by atoms with Crippen molar-refractivity contribution in [1.82, 2.24) is 10.2 Å². The molecule has 0 aromatic rings. The topological polar surface area (TPSA) is 24.5 Å². The van der Waals surface area contributed by atoms with Gasteiger partial charge in [0.25, 0.3) is 0 Å². The molecule has 0 bridgehead atoms. The molecular formula is C14H28N2O. The lowest BCUT2D eigenvalue weighted by Crippen LogP contribution is -2.48. The highest BCUT2D eigenvalue weighted by atomic mass is 16.5. The van der Waals surface area contributed by atoms with Gasteiger partial charge in [0.05, 0.1) is 6.10 Å². The van der Waals surface area contributed by atoms with Crippen LogP contribution < -0.4 is 5.32 Å². The van der Waals surface area contributed by atoms with Crippen LogP contribution in [0.5, 0.6) is 0 Å². The summed E-state index contributed by atoms with van der Waals surface area (Å²) in [4.78, 5) is 2.72. The van der Waals surface area contributed by atoms with Gasteiger partial charge in [0.1, 0.15) is 0 Å². The lowest BCUT2D eigenvalue weighted by Gasteiger charge is -2.39. The van der Waals surface area contributed by atoms with Crippen LogP contribution in [0.2, 0.25) is 0 Å². The Morgan fingerprint density at radius 1 is 1.00 bits per heavy atom. The molecule has 0 aromatic heterocycles. The molecule has 0 aromatic carbocycles. The Hall–Kier alpha value is -0.120. The van der Waals surface area contributed by atoms with E-state index >= 15 is 0 Å². The molecule has 4 atom stereocenters. The Morgan fingerprint density at radius 2 is 1.65 bits per heavy atom. The third-order valence-electron chi connectivity index (χ3n) is 4.24. The van der Waals surface area contributed by atoms with Crippen molar-refractivity contribution in [3.8, 4) is 0 Å². The van der Waals surface area contributed by atoms with E-state index in [1.54, 1.807) is 0 Å². The van der Waals surface area contributed by atoms with Crippen molar-refractivity contribution in [2.45, 2.75) is 70.7 Å². The van der Waals surface area contributed by atoms with E-state index in [2.05, 4.69) is 31.0 Å². The fraction of sp³-hybridized carbons (Fsp3) is 1.00. The first-order chi connectivity index (χ1) is 8.15. The van der Waals surface area contributed by atoms with Crippen LogP contribution in [0, 0.1) is 0 Å². The van der Waals surface area contributed by atoms with E-state index in [0.717, 1.165) is 12.6 Å². The summed E-state index contributed by atoms with van der Waals surface area (Å²) in [5.74, 6) is 0. The summed E-state index contributed by atoms with van der Waals surface area (Å²) in [6.07, 6.45) is 5.44. The molecule has 2 heterocycles. The van der Waals surface area contributed by atoms with Gasteiger partial charge in [-0.25, -0.2) is 0 Å². The third kappa shape index (κ3) is 3.94. The van der Waals surface area contributed by atoms with Gasteiger partial charge in [-0.05, 0) is 59.5 Å². The fourth-order valence-corrected chi connectivity index (χ4v) is 3.15. The zero-order valence-electron chi connectivity index (χ0n) is 11.6. The molecule has 1 N–H and O–H groups in total. The van der Waals surface area contributed by atoms with Crippen LogP contribution in [0.1, 0.15) is 46.5 Å². The normalized spacial score (nSPS) is 41.8. The molecule has 0 saturated carbocycles. The Morgan fingerprint density at radius 3 is 2.24 bits per heavy atom. The van der Waals surface area contributed by atoms with Crippen molar-refractivity contribution >= 4 is 0 Å². The van der Waals surface area contributed by atoms with Crippen LogP contribution in [0.15, 0.2) is 0 Å². The number of nitrogens with zero attached hydrogens (tertiary/aromatic N) is 1. The van der Waals surface area contributed by atoms with Crippen molar-refractivity contribution in [2.75, 3.05) is 19.7 Å². The molecule has 0 amide bonds. The van der Waals surface area contributed by atoms with Gasteiger partial charge in [0.2, 0.25) is 0 Å². The Kier molecular flexibility index (Phi) is 4.83. The maximum atomic E-state index is 5.66. The first kappa shape index (κ1) is 13.3. The second-order valence-electron chi connectivity index (χ2n) is 5.94. The molecule has 2 fully saturated rings. The van der Waals surface area contributed by atoms with E-state index in [-0.39, 0.29) is 0 Å². The van der Waals surface area contributed by atoms with Gasteiger partial charge < -0.3 is 15.0 Å². The predicted molar refractivity (Wildman–Crippen MR) is 71.3 cm³/mol. The highest BCUT2D eigenvalue weighted by Crippen LogP contribution is 2.21. The third-order valence-corrected chi connectivity index (χ3v) is 4.24. The van der Waals surface area contributed by atoms with Gasteiger partial charge in [-0.1, -0.05) is 0 Å². The van der Waals surface area contributed by atoms with Gasteiger partial charge >= 0.3 is 0 Å². The average Bonchev–Trinajstić information content (AvgIpc) is 2.26. The highest BCUT2D eigenvalue weighted by Gasteiger charge is 2.26. The Balaban J connectivity index is 1.89. The Labute approximate surface area is 106 Å². The van der Waals surface area contributed by atoms with E-state index in [0.29, 0.717) is 18.2 Å². The molecule has 3 nitrogen and oxygen atoms in total. The van der Waals surface area contributed by atoms with Crippen molar-refractivity contribution in [2.24, 2.45) is 0 Å². The fourth-order valence-electron chi connectivity index (χ4n) is 3.15. The highest BCUT2D eigenvalue weighted by molar-refractivity contribution is 4.82. The molecule has 0 aliphatic carbocycles. The minimum absolute atomic E-state index is 0.451. The van der Waals surface area contributed by atoms with Crippen molar-refractivity contribution < 1.29 is 4.74 Å². The van der Waals surface area contributed by atoms with Crippen molar-refractivity contribution in [3.63, 3.8) is 0 Å². The zero-order chi connectivity index (χ0) is 12.3. The smallest absolute Gasteiger partial charge is 0.0561 e. The molecule has 100 valence electrons. The zero-order valence-corrected chi connectivity index (χ0v) is 11.6. The molecule has 2 aliphatic heterocycles. The van der Waals surface area contributed by atoms with E-state index < -0.39 is 0 Å². The molecule has 2 saturated heterocycles. The minimum atomic E-state index is 0.451. The second kappa shape index (κ2) is 6.17. The van der Waals surface area contributed by atoms with Gasteiger partial charge in [0.15, 0.2) is 0 Å². The summed E-state index contributed by atoms with van der Waals surface area (Å²) < 4.78 is 5.66.